The van der Waals surface area contributed by atoms with Crippen molar-refractivity contribution in [2.24, 2.45) is 5.92 Å². The fourth-order valence-electron chi connectivity index (χ4n) is 1.14. The molecule has 0 spiro atoms. The highest BCUT2D eigenvalue weighted by Crippen LogP contribution is 2.08. The minimum absolute atomic E-state index is 0.0719. The van der Waals surface area contributed by atoms with Gasteiger partial charge in [0.2, 0.25) is 5.91 Å². The van der Waals surface area contributed by atoms with Crippen LogP contribution >= 0.6 is 0 Å². The molecule has 1 atom stereocenters. The van der Waals surface area contributed by atoms with Crippen molar-refractivity contribution in [3.8, 4) is 0 Å². The molecule has 0 bridgehead atoms. The van der Waals surface area contributed by atoms with Crippen LogP contribution < -0.4 is 10.4 Å². The van der Waals surface area contributed by atoms with Crippen molar-refractivity contribution in [2.75, 3.05) is 0 Å². The normalized spacial score (nSPS) is 13.4. The van der Waals surface area contributed by atoms with E-state index in [9.17, 15) is 14.7 Å². The van der Waals surface area contributed by atoms with E-state index in [-0.39, 0.29) is 30.2 Å². The highest BCUT2D eigenvalue weighted by Gasteiger charge is 2.15. The van der Waals surface area contributed by atoms with Crippen LogP contribution in [0.5, 0.6) is 0 Å². The number of carboxylic acid groups (broad SMARTS) is 1. The molecule has 0 aromatic rings. The predicted octanol–water partition coefficient (Wildman–Crippen LogP) is 0.0673. The van der Waals surface area contributed by atoms with E-state index >= 15 is 0 Å². The van der Waals surface area contributed by atoms with Crippen LogP contribution in [0.15, 0.2) is 0 Å². The molecule has 0 saturated carbocycles. The number of carbonyl (C=O) groups is 2. The Kier molecular flexibility index (Phi) is 4.60. The fourth-order valence-corrected chi connectivity index (χ4v) is 1.14. The summed E-state index contributed by atoms with van der Waals surface area (Å²) in [7, 11) is 0. The van der Waals surface area contributed by atoms with Gasteiger partial charge in [-0.05, 0) is 33.1 Å². The van der Waals surface area contributed by atoms with E-state index in [1.807, 2.05) is 20.8 Å². The highest BCUT2D eigenvalue weighted by atomic mass is 16.4. The molecule has 1 N–H and O–H groups in total. The minimum atomic E-state index is -1.11. The molecular weight excluding hydrogens is 182 g/mol. The van der Waals surface area contributed by atoms with Gasteiger partial charge in [-0.25, -0.2) is 0 Å². The van der Waals surface area contributed by atoms with Crippen LogP contribution in [-0.4, -0.2) is 17.4 Å². The van der Waals surface area contributed by atoms with Gasteiger partial charge in [-0.15, -0.1) is 0 Å². The molecule has 1 amide bonds. The van der Waals surface area contributed by atoms with Crippen molar-refractivity contribution in [2.45, 2.75) is 46.1 Å². The lowest BCUT2D eigenvalue weighted by atomic mass is 10.0. The Bertz CT molecular complexity index is 218. The van der Waals surface area contributed by atoms with Gasteiger partial charge in [-0.3, -0.25) is 4.79 Å². The summed E-state index contributed by atoms with van der Waals surface area (Å²) in [6, 6.07) is 0. The minimum Gasteiger partial charge on any atom is -0.550 e. The summed E-state index contributed by atoms with van der Waals surface area (Å²) in [5.41, 5.74) is -0.266. The standard InChI is InChI=1S/C10H19NO3/c1-7(6-9(13)14)5-8(12)11-10(2,3)4/h7H,5-6H2,1-4H3,(H,11,12)(H,13,14)/p-1/t7-/m1/s1. The third-order valence-corrected chi connectivity index (χ3v) is 1.56. The Labute approximate surface area is 84.7 Å². The van der Waals surface area contributed by atoms with E-state index in [0.717, 1.165) is 0 Å². The number of carbonyl (C=O) groups excluding carboxylic acids is 2. The van der Waals surface area contributed by atoms with E-state index in [1.165, 1.54) is 0 Å². The lowest BCUT2D eigenvalue weighted by Crippen LogP contribution is -2.41. The van der Waals surface area contributed by atoms with Crippen molar-refractivity contribution in [1.29, 1.82) is 0 Å². The van der Waals surface area contributed by atoms with Crippen LogP contribution in [0.3, 0.4) is 0 Å². The van der Waals surface area contributed by atoms with Crippen molar-refractivity contribution in [3.05, 3.63) is 0 Å². The molecule has 0 aliphatic carbocycles. The van der Waals surface area contributed by atoms with E-state index in [1.54, 1.807) is 6.92 Å². The quantitative estimate of drug-likeness (QED) is 0.698. The number of nitrogens with one attached hydrogen (secondary N) is 1. The SMILES string of the molecule is C[C@@H](CC(=O)[O-])CC(=O)NC(C)(C)C. The molecule has 0 aromatic carbocycles. The van der Waals surface area contributed by atoms with E-state index in [4.69, 9.17) is 0 Å². The number of carboxylic acids is 1. The van der Waals surface area contributed by atoms with Crippen molar-refractivity contribution in [3.63, 3.8) is 0 Å². The smallest absolute Gasteiger partial charge is 0.220 e. The van der Waals surface area contributed by atoms with Gasteiger partial charge in [0.05, 0.1) is 0 Å². The Morgan fingerprint density at radius 3 is 2.14 bits per heavy atom. The summed E-state index contributed by atoms with van der Waals surface area (Å²) in [5, 5.41) is 13.0. The van der Waals surface area contributed by atoms with Gasteiger partial charge in [0.25, 0.3) is 0 Å². The topological polar surface area (TPSA) is 69.2 Å². The number of hydrogen-bond donors (Lipinski definition) is 1. The molecule has 0 aromatic heterocycles. The maximum Gasteiger partial charge on any atom is 0.220 e. The van der Waals surface area contributed by atoms with Crippen molar-refractivity contribution >= 4 is 11.9 Å². The average molecular weight is 200 g/mol. The van der Waals surface area contributed by atoms with Crippen molar-refractivity contribution < 1.29 is 14.7 Å². The molecule has 14 heavy (non-hydrogen) atoms. The molecule has 4 heteroatoms. The summed E-state index contributed by atoms with van der Waals surface area (Å²) in [5.74, 6) is -1.41. The molecule has 4 nitrogen and oxygen atoms in total. The molecular formula is C10H18NO3-. The number of amides is 1. The van der Waals surface area contributed by atoms with Gasteiger partial charge in [-0.1, -0.05) is 6.92 Å². The van der Waals surface area contributed by atoms with Crippen LogP contribution in [0.1, 0.15) is 40.5 Å². The van der Waals surface area contributed by atoms with Crippen LogP contribution in [-0.2, 0) is 9.59 Å². The Hall–Kier alpha value is -1.06. The van der Waals surface area contributed by atoms with Gasteiger partial charge in [0, 0.05) is 17.9 Å². The second-order valence-corrected chi connectivity index (χ2v) is 4.68. The zero-order valence-corrected chi connectivity index (χ0v) is 9.22. The zero-order valence-electron chi connectivity index (χ0n) is 9.22. The second-order valence-electron chi connectivity index (χ2n) is 4.68. The van der Waals surface area contributed by atoms with Gasteiger partial charge >= 0.3 is 0 Å². The predicted molar refractivity (Wildman–Crippen MR) is 51.3 cm³/mol. The van der Waals surface area contributed by atoms with Gasteiger partial charge in [-0.2, -0.15) is 0 Å². The largest absolute Gasteiger partial charge is 0.550 e. The average Bonchev–Trinajstić information content (AvgIpc) is 1.77. The monoisotopic (exact) mass is 200 g/mol. The Morgan fingerprint density at radius 2 is 1.79 bits per heavy atom. The molecule has 82 valence electrons. The molecule has 0 aliphatic heterocycles. The van der Waals surface area contributed by atoms with Gasteiger partial charge < -0.3 is 15.2 Å². The maximum atomic E-state index is 11.3. The molecule has 0 rings (SSSR count). The molecule has 0 fully saturated rings. The number of aliphatic carboxylic acids is 1. The van der Waals surface area contributed by atoms with Crippen LogP contribution in [0, 0.1) is 5.92 Å². The molecule has 0 heterocycles. The van der Waals surface area contributed by atoms with Crippen LogP contribution in [0.4, 0.5) is 0 Å². The summed E-state index contributed by atoms with van der Waals surface area (Å²) in [4.78, 5) is 21.6. The highest BCUT2D eigenvalue weighted by molar-refractivity contribution is 5.77. The first-order valence-corrected chi connectivity index (χ1v) is 4.71. The lowest BCUT2D eigenvalue weighted by Gasteiger charge is -2.21. The summed E-state index contributed by atoms with van der Waals surface area (Å²) in [6.45, 7) is 7.37. The first-order chi connectivity index (χ1) is 6.20. The van der Waals surface area contributed by atoms with E-state index in [2.05, 4.69) is 5.32 Å². The van der Waals surface area contributed by atoms with Crippen LogP contribution in [0.25, 0.3) is 0 Å². The van der Waals surface area contributed by atoms with Crippen LogP contribution in [0.2, 0.25) is 0 Å². The first-order valence-electron chi connectivity index (χ1n) is 4.71. The van der Waals surface area contributed by atoms with Crippen molar-refractivity contribution in [1.82, 2.24) is 5.32 Å². The third kappa shape index (κ3) is 7.58. The van der Waals surface area contributed by atoms with Gasteiger partial charge in [0.1, 0.15) is 0 Å². The molecule has 0 aliphatic rings. The zero-order chi connectivity index (χ0) is 11.4. The molecule has 0 unspecified atom stereocenters. The summed E-state index contributed by atoms with van der Waals surface area (Å²) in [6.07, 6.45) is 0.156. The Balaban J connectivity index is 3.89. The number of hydrogen-bond acceptors (Lipinski definition) is 3. The Morgan fingerprint density at radius 1 is 1.29 bits per heavy atom. The molecule has 0 saturated heterocycles. The van der Waals surface area contributed by atoms with Gasteiger partial charge in [0.15, 0.2) is 0 Å². The summed E-state index contributed by atoms with van der Waals surface area (Å²) >= 11 is 0. The third-order valence-electron chi connectivity index (χ3n) is 1.56. The first kappa shape index (κ1) is 12.9. The van der Waals surface area contributed by atoms with E-state index in [0.29, 0.717) is 0 Å². The fraction of sp³-hybridized carbons (Fsp3) is 0.800. The second kappa shape index (κ2) is 4.98. The summed E-state index contributed by atoms with van der Waals surface area (Å²) < 4.78 is 0. The van der Waals surface area contributed by atoms with E-state index < -0.39 is 5.97 Å². The number of rotatable bonds is 4. The molecule has 0 radical (unpaired) electrons. The maximum absolute atomic E-state index is 11.3. The lowest BCUT2D eigenvalue weighted by molar-refractivity contribution is -0.306.